The molecule has 1 saturated heterocycles. The van der Waals surface area contributed by atoms with Crippen LogP contribution in [-0.4, -0.2) is 42.8 Å². The number of hydrogen-bond donors (Lipinski definition) is 2. The van der Waals surface area contributed by atoms with Gasteiger partial charge in [0.25, 0.3) is 5.56 Å². The number of imidazole rings is 1. The Labute approximate surface area is 95.2 Å². The Morgan fingerprint density at radius 3 is 3.24 bits per heavy atom. The van der Waals surface area contributed by atoms with E-state index in [0.29, 0.717) is 5.65 Å². The third-order valence-corrected chi connectivity index (χ3v) is 2.88. The molecule has 90 valence electrons. The van der Waals surface area contributed by atoms with Gasteiger partial charge in [0.15, 0.2) is 11.2 Å². The van der Waals surface area contributed by atoms with Gasteiger partial charge < -0.3 is 9.84 Å². The fourth-order valence-electron chi connectivity index (χ4n) is 2.02. The van der Waals surface area contributed by atoms with Crippen molar-refractivity contribution in [3.63, 3.8) is 0 Å². The number of aliphatic hydroxyl groups is 1. The zero-order valence-electron chi connectivity index (χ0n) is 8.91. The van der Waals surface area contributed by atoms with Gasteiger partial charge in [-0.25, -0.2) is 10.1 Å². The molecular weight excluding hydrogens is 226 g/mol. The highest BCUT2D eigenvalue weighted by molar-refractivity contribution is 5.68. The van der Waals surface area contributed by atoms with E-state index in [1.54, 1.807) is 4.57 Å². The van der Waals surface area contributed by atoms with Crippen LogP contribution in [0.2, 0.25) is 0 Å². The van der Waals surface area contributed by atoms with Crippen molar-refractivity contribution in [3.05, 3.63) is 16.7 Å². The van der Waals surface area contributed by atoms with Gasteiger partial charge >= 0.3 is 0 Å². The molecule has 0 spiro atoms. The summed E-state index contributed by atoms with van der Waals surface area (Å²) >= 11 is 0. The van der Waals surface area contributed by atoms with Gasteiger partial charge in [-0.1, -0.05) is 5.21 Å². The maximum absolute atomic E-state index is 11.4. The van der Waals surface area contributed by atoms with Gasteiger partial charge in [-0.2, -0.15) is 0 Å². The lowest BCUT2D eigenvalue weighted by Gasteiger charge is -2.13. The van der Waals surface area contributed by atoms with E-state index in [0.717, 1.165) is 12.8 Å². The number of hydrogen-bond acceptors (Lipinski definition) is 6. The first-order valence-electron chi connectivity index (χ1n) is 5.34. The average molecular weight is 237 g/mol. The molecule has 3 rings (SSSR count). The SMILES string of the molecule is O=c1[nH]nnc2c1ncn2[C@H]1CC[C@@H](CO)O1. The molecule has 8 heteroatoms. The van der Waals surface area contributed by atoms with E-state index in [9.17, 15) is 4.79 Å². The van der Waals surface area contributed by atoms with Crippen LogP contribution in [0.25, 0.3) is 11.2 Å². The van der Waals surface area contributed by atoms with E-state index < -0.39 is 0 Å². The van der Waals surface area contributed by atoms with Crippen LogP contribution in [0, 0.1) is 0 Å². The Bertz CT molecular complexity index is 592. The number of fused-ring (bicyclic) bond motifs is 1. The van der Waals surface area contributed by atoms with Gasteiger partial charge in [-0.15, -0.1) is 5.10 Å². The number of H-pyrrole nitrogens is 1. The van der Waals surface area contributed by atoms with Crippen molar-refractivity contribution in [1.82, 2.24) is 25.0 Å². The van der Waals surface area contributed by atoms with E-state index in [2.05, 4.69) is 20.4 Å². The number of aromatic amines is 1. The molecule has 3 heterocycles. The highest BCUT2D eigenvalue weighted by atomic mass is 16.5. The van der Waals surface area contributed by atoms with Crippen molar-refractivity contribution in [1.29, 1.82) is 0 Å². The number of rotatable bonds is 2. The lowest BCUT2D eigenvalue weighted by molar-refractivity contribution is -0.0207. The fourth-order valence-corrected chi connectivity index (χ4v) is 2.02. The molecule has 2 aromatic heterocycles. The molecule has 0 radical (unpaired) electrons. The minimum atomic E-state index is -0.370. The molecule has 0 bridgehead atoms. The van der Waals surface area contributed by atoms with Gasteiger partial charge in [0.05, 0.1) is 19.0 Å². The Morgan fingerprint density at radius 2 is 2.47 bits per heavy atom. The van der Waals surface area contributed by atoms with E-state index >= 15 is 0 Å². The van der Waals surface area contributed by atoms with Crippen molar-refractivity contribution in [2.75, 3.05) is 6.61 Å². The lowest BCUT2D eigenvalue weighted by Crippen LogP contribution is -2.15. The van der Waals surface area contributed by atoms with Crippen LogP contribution in [0.1, 0.15) is 19.1 Å². The first-order valence-corrected chi connectivity index (χ1v) is 5.34. The van der Waals surface area contributed by atoms with E-state index in [1.165, 1.54) is 6.33 Å². The van der Waals surface area contributed by atoms with Crippen molar-refractivity contribution in [3.8, 4) is 0 Å². The molecule has 0 amide bonds. The largest absolute Gasteiger partial charge is 0.394 e. The Morgan fingerprint density at radius 1 is 1.59 bits per heavy atom. The highest BCUT2D eigenvalue weighted by Gasteiger charge is 2.27. The van der Waals surface area contributed by atoms with Crippen LogP contribution in [0.15, 0.2) is 11.1 Å². The lowest BCUT2D eigenvalue weighted by atomic mass is 10.2. The van der Waals surface area contributed by atoms with Crippen LogP contribution in [-0.2, 0) is 4.74 Å². The highest BCUT2D eigenvalue weighted by Crippen LogP contribution is 2.29. The minimum absolute atomic E-state index is 0.00457. The zero-order valence-corrected chi connectivity index (χ0v) is 8.91. The number of aliphatic hydroxyl groups excluding tert-OH is 1. The molecule has 1 aliphatic rings. The van der Waals surface area contributed by atoms with Crippen molar-refractivity contribution in [2.45, 2.75) is 25.2 Å². The van der Waals surface area contributed by atoms with Crippen LogP contribution in [0.3, 0.4) is 0 Å². The molecule has 2 aromatic rings. The van der Waals surface area contributed by atoms with Gasteiger partial charge in [-0.05, 0) is 12.8 Å². The summed E-state index contributed by atoms with van der Waals surface area (Å²) < 4.78 is 7.27. The maximum atomic E-state index is 11.4. The van der Waals surface area contributed by atoms with Crippen molar-refractivity contribution >= 4 is 11.2 Å². The summed E-state index contributed by atoms with van der Waals surface area (Å²) in [7, 11) is 0. The normalized spacial score (nSPS) is 24.5. The number of nitrogens with one attached hydrogen (secondary N) is 1. The molecule has 2 N–H and O–H groups in total. The molecule has 0 unspecified atom stereocenters. The first kappa shape index (κ1) is 10.4. The van der Waals surface area contributed by atoms with Crippen molar-refractivity contribution < 1.29 is 9.84 Å². The Balaban J connectivity index is 2.02. The molecule has 0 saturated carbocycles. The van der Waals surface area contributed by atoms with Crippen LogP contribution in [0.5, 0.6) is 0 Å². The smallest absolute Gasteiger partial charge is 0.295 e. The minimum Gasteiger partial charge on any atom is -0.394 e. The summed E-state index contributed by atoms with van der Waals surface area (Å²) in [6.07, 6.45) is 2.64. The summed E-state index contributed by atoms with van der Waals surface area (Å²) in [6, 6.07) is 0. The maximum Gasteiger partial charge on any atom is 0.295 e. The molecular formula is C9H11N5O3. The second-order valence-electron chi connectivity index (χ2n) is 3.94. The van der Waals surface area contributed by atoms with Gasteiger partial charge in [-0.3, -0.25) is 9.36 Å². The molecule has 0 aromatic carbocycles. The predicted molar refractivity (Wildman–Crippen MR) is 56.2 cm³/mol. The van der Waals surface area contributed by atoms with E-state index in [1.807, 2.05) is 0 Å². The zero-order chi connectivity index (χ0) is 11.8. The van der Waals surface area contributed by atoms with Crippen LogP contribution < -0.4 is 5.56 Å². The molecule has 8 nitrogen and oxygen atoms in total. The standard InChI is InChI=1S/C9H11N5O3/c15-3-5-1-2-6(17-5)14-4-10-7-8(14)11-13-12-9(7)16/h4-6,15H,1-3H2,(H,11,12,16)/t5-,6+/m0/s1. The van der Waals surface area contributed by atoms with E-state index in [4.69, 9.17) is 9.84 Å². The van der Waals surface area contributed by atoms with Gasteiger partial charge in [0.2, 0.25) is 0 Å². The third-order valence-electron chi connectivity index (χ3n) is 2.88. The Hall–Kier alpha value is -1.80. The second kappa shape index (κ2) is 3.90. The molecule has 0 aliphatic carbocycles. The number of ether oxygens (including phenoxy) is 1. The fraction of sp³-hybridized carbons (Fsp3) is 0.556. The third kappa shape index (κ3) is 1.61. The summed E-state index contributed by atoms with van der Waals surface area (Å²) in [5, 5.41) is 18.6. The number of aromatic nitrogens is 5. The topological polar surface area (TPSA) is 106 Å². The van der Waals surface area contributed by atoms with E-state index in [-0.39, 0.29) is 30.0 Å². The summed E-state index contributed by atoms with van der Waals surface area (Å²) in [5.41, 5.74) is 0.277. The van der Waals surface area contributed by atoms with Crippen LogP contribution in [0.4, 0.5) is 0 Å². The first-order chi connectivity index (χ1) is 8.29. The molecule has 2 atom stereocenters. The molecule has 17 heavy (non-hydrogen) atoms. The monoisotopic (exact) mass is 237 g/mol. The second-order valence-corrected chi connectivity index (χ2v) is 3.94. The average Bonchev–Trinajstić information content (AvgIpc) is 2.94. The van der Waals surface area contributed by atoms with Gasteiger partial charge in [0.1, 0.15) is 6.23 Å². The van der Waals surface area contributed by atoms with Gasteiger partial charge in [0, 0.05) is 0 Å². The Kier molecular flexibility index (Phi) is 2.37. The number of nitrogens with zero attached hydrogens (tertiary/aromatic N) is 4. The summed E-state index contributed by atoms with van der Waals surface area (Å²) in [4.78, 5) is 15.4. The quantitative estimate of drug-likeness (QED) is 0.707. The molecule has 1 aliphatic heterocycles. The molecule has 1 fully saturated rings. The summed E-state index contributed by atoms with van der Waals surface area (Å²) in [5.74, 6) is 0. The summed E-state index contributed by atoms with van der Waals surface area (Å²) in [6.45, 7) is -0.00457. The predicted octanol–water partition coefficient (Wildman–Crippen LogP) is -0.816. The van der Waals surface area contributed by atoms with Crippen LogP contribution >= 0.6 is 0 Å². The van der Waals surface area contributed by atoms with Crippen molar-refractivity contribution in [2.24, 2.45) is 0 Å².